The minimum Gasteiger partial charge on any atom is -0.370 e. The van der Waals surface area contributed by atoms with Crippen molar-refractivity contribution in [2.24, 2.45) is 0 Å². The van der Waals surface area contributed by atoms with Crippen LogP contribution in [-0.4, -0.2) is 54.9 Å². The molecule has 1 fully saturated rings. The van der Waals surface area contributed by atoms with Gasteiger partial charge in [0.15, 0.2) is 0 Å². The van der Waals surface area contributed by atoms with Crippen molar-refractivity contribution in [3.05, 3.63) is 82.5 Å². The molecule has 2 N–H and O–H groups in total. The highest BCUT2D eigenvalue weighted by Crippen LogP contribution is 2.23. The van der Waals surface area contributed by atoms with E-state index in [1.54, 1.807) is 24.3 Å². The zero-order valence-corrected chi connectivity index (χ0v) is 22.3. The first-order valence-corrected chi connectivity index (χ1v) is 13.3. The molecule has 3 aromatic rings. The summed E-state index contributed by atoms with van der Waals surface area (Å²) in [5.41, 5.74) is 3.43. The summed E-state index contributed by atoms with van der Waals surface area (Å²) in [6.45, 7) is 4.08. The van der Waals surface area contributed by atoms with Gasteiger partial charge in [-0.1, -0.05) is 40.3 Å². The molecular weight excluding hydrogens is 577 g/mol. The SMILES string of the molecule is CN1CCCN(c2ccc(C(=O)Nc3ccc(CI)cc3C(=O)Nc3ccc(Cl)cn3)cc2)CC1. The Morgan fingerprint density at radius 3 is 2.49 bits per heavy atom. The van der Waals surface area contributed by atoms with Crippen molar-refractivity contribution >= 4 is 63.2 Å². The molecule has 0 unspecified atom stereocenters. The van der Waals surface area contributed by atoms with Crippen LogP contribution < -0.4 is 15.5 Å². The van der Waals surface area contributed by atoms with Crippen LogP contribution in [-0.2, 0) is 4.43 Å². The zero-order chi connectivity index (χ0) is 24.8. The maximum Gasteiger partial charge on any atom is 0.258 e. The minimum absolute atomic E-state index is 0.270. The maximum absolute atomic E-state index is 13.0. The van der Waals surface area contributed by atoms with E-state index < -0.39 is 0 Å². The molecule has 2 aromatic carbocycles. The van der Waals surface area contributed by atoms with Gasteiger partial charge in [0.2, 0.25) is 0 Å². The Morgan fingerprint density at radius 2 is 1.77 bits per heavy atom. The van der Waals surface area contributed by atoms with Gasteiger partial charge in [-0.2, -0.15) is 0 Å². The Labute approximate surface area is 224 Å². The number of benzene rings is 2. The third-order valence-electron chi connectivity index (χ3n) is 5.91. The van der Waals surface area contributed by atoms with Crippen molar-refractivity contribution in [3.63, 3.8) is 0 Å². The molecular formula is C26H27ClIN5O2. The highest BCUT2D eigenvalue weighted by Gasteiger charge is 2.17. The highest BCUT2D eigenvalue weighted by atomic mass is 127. The van der Waals surface area contributed by atoms with Crippen LogP contribution in [0.5, 0.6) is 0 Å². The van der Waals surface area contributed by atoms with E-state index in [9.17, 15) is 9.59 Å². The summed E-state index contributed by atoms with van der Waals surface area (Å²) >= 11 is 8.12. The number of nitrogens with zero attached hydrogens (tertiary/aromatic N) is 3. The molecule has 2 heterocycles. The maximum atomic E-state index is 13.0. The molecule has 1 aliphatic rings. The normalized spacial score (nSPS) is 14.3. The fourth-order valence-corrected chi connectivity index (χ4v) is 4.51. The smallest absolute Gasteiger partial charge is 0.258 e. The van der Waals surface area contributed by atoms with Gasteiger partial charge < -0.3 is 20.4 Å². The summed E-state index contributed by atoms with van der Waals surface area (Å²) in [6.07, 6.45) is 2.58. The Bertz CT molecular complexity index is 1190. The number of rotatable bonds is 6. The third-order valence-corrected chi connectivity index (χ3v) is 7.02. The van der Waals surface area contributed by atoms with Gasteiger partial charge in [-0.15, -0.1) is 0 Å². The predicted molar refractivity (Wildman–Crippen MR) is 150 cm³/mol. The molecule has 182 valence electrons. The second-order valence-electron chi connectivity index (χ2n) is 8.47. The molecule has 1 saturated heterocycles. The number of aromatic nitrogens is 1. The number of likely N-dealkylation sites (N-methyl/N-ethyl adjacent to an activating group) is 1. The van der Waals surface area contributed by atoms with Crippen LogP contribution in [0.25, 0.3) is 0 Å². The molecule has 0 atom stereocenters. The Balaban J connectivity index is 1.49. The number of anilines is 3. The molecule has 4 rings (SSSR count). The van der Waals surface area contributed by atoms with Crippen molar-refractivity contribution in [1.29, 1.82) is 0 Å². The first-order valence-electron chi connectivity index (χ1n) is 11.4. The number of carbonyl (C=O) groups excluding carboxylic acids is 2. The summed E-state index contributed by atoms with van der Waals surface area (Å²) in [5, 5.41) is 6.16. The van der Waals surface area contributed by atoms with Crippen LogP contribution in [0.15, 0.2) is 60.8 Å². The number of amides is 2. The van der Waals surface area contributed by atoms with Gasteiger partial charge in [0.25, 0.3) is 11.8 Å². The molecule has 0 bridgehead atoms. The monoisotopic (exact) mass is 603 g/mol. The van der Waals surface area contributed by atoms with Crippen LogP contribution in [0.4, 0.5) is 17.2 Å². The molecule has 1 aliphatic heterocycles. The van der Waals surface area contributed by atoms with E-state index in [-0.39, 0.29) is 11.8 Å². The lowest BCUT2D eigenvalue weighted by atomic mass is 10.1. The fourth-order valence-electron chi connectivity index (χ4n) is 3.93. The summed E-state index contributed by atoms with van der Waals surface area (Å²) in [6, 6.07) is 16.4. The Kier molecular flexibility index (Phi) is 8.59. The lowest BCUT2D eigenvalue weighted by Crippen LogP contribution is -2.28. The van der Waals surface area contributed by atoms with Crippen molar-refractivity contribution in [1.82, 2.24) is 9.88 Å². The molecule has 9 heteroatoms. The van der Waals surface area contributed by atoms with Gasteiger partial charge in [-0.3, -0.25) is 9.59 Å². The van der Waals surface area contributed by atoms with E-state index in [4.69, 9.17) is 11.6 Å². The lowest BCUT2D eigenvalue weighted by molar-refractivity contribution is 0.102. The van der Waals surface area contributed by atoms with Crippen LogP contribution in [0.1, 0.15) is 32.7 Å². The van der Waals surface area contributed by atoms with Crippen LogP contribution in [0.3, 0.4) is 0 Å². The molecule has 0 saturated carbocycles. The van der Waals surface area contributed by atoms with Gasteiger partial charge in [-0.25, -0.2) is 4.98 Å². The first-order chi connectivity index (χ1) is 16.9. The first kappa shape index (κ1) is 25.4. The number of nitrogens with one attached hydrogen (secondary N) is 2. The minimum atomic E-state index is -0.358. The molecule has 7 nitrogen and oxygen atoms in total. The summed E-state index contributed by atoms with van der Waals surface area (Å²) in [4.78, 5) is 34.9. The topological polar surface area (TPSA) is 77.6 Å². The highest BCUT2D eigenvalue weighted by molar-refractivity contribution is 14.1. The summed E-state index contributed by atoms with van der Waals surface area (Å²) in [7, 11) is 2.14. The molecule has 0 radical (unpaired) electrons. The van der Waals surface area contributed by atoms with Crippen molar-refractivity contribution in [3.8, 4) is 0 Å². The van der Waals surface area contributed by atoms with E-state index in [0.29, 0.717) is 27.7 Å². The second-order valence-corrected chi connectivity index (χ2v) is 9.67. The number of hydrogen-bond donors (Lipinski definition) is 2. The summed E-state index contributed by atoms with van der Waals surface area (Å²) < 4.78 is 0.735. The Hall–Kier alpha value is -2.69. The van der Waals surface area contributed by atoms with Crippen molar-refractivity contribution in [2.45, 2.75) is 10.8 Å². The van der Waals surface area contributed by atoms with Gasteiger partial charge >= 0.3 is 0 Å². The zero-order valence-electron chi connectivity index (χ0n) is 19.4. The molecule has 0 spiro atoms. The van der Waals surface area contributed by atoms with Crippen molar-refractivity contribution in [2.75, 3.05) is 48.8 Å². The van der Waals surface area contributed by atoms with E-state index in [1.165, 1.54) is 6.20 Å². The van der Waals surface area contributed by atoms with Gasteiger partial charge in [0.05, 0.1) is 16.3 Å². The van der Waals surface area contributed by atoms with Crippen molar-refractivity contribution < 1.29 is 9.59 Å². The van der Waals surface area contributed by atoms with Gasteiger partial charge in [0, 0.05) is 41.5 Å². The van der Waals surface area contributed by atoms with Gasteiger partial charge in [0.1, 0.15) is 5.82 Å². The number of halogens is 2. The number of alkyl halides is 1. The number of hydrogen-bond acceptors (Lipinski definition) is 5. The van der Waals surface area contributed by atoms with Crippen LogP contribution in [0.2, 0.25) is 5.02 Å². The molecule has 35 heavy (non-hydrogen) atoms. The van der Waals surface area contributed by atoms with E-state index in [0.717, 1.165) is 48.3 Å². The quantitative estimate of drug-likeness (QED) is 0.295. The van der Waals surface area contributed by atoms with Crippen LogP contribution in [0, 0.1) is 0 Å². The molecule has 2 amide bonds. The molecule has 1 aromatic heterocycles. The second kappa shape index (κ2) is 11.8. The Morgan fingerprint density at radius 1 is 0.971 bits per heavy atom. The molecule has 0 aliphatic carbocycles. The predicted octanol–water partition coefficient (Wildman–Crippen LogP) is 5.32. The van der Waals surface area contributed by atoms with Crippen LogP contribution >= 0.6 is 34.2 Å². The lowest BCUT2D eigenvalue weighted by Gasteiger charge is -2.23. The fraction of sp³-hybridized carbons (Fsp3) is 0.269. The summed E-state index contributed by atoms with van der Waals surface area (Å²) in [5.74, 6) is -0.247. The number of pyridine rings is 1. The number of carbonyl (C=O) groups is 2. The van der Waals surface area contributed by atoms with Gasteiger partial charge in [-0.05, 0) is 74.1 Å². The average molecular weight is 604 g/mol. The van der Waals surface area contributed by atoms with E-state index in [2.05, 4.69) is 55.1 Å². The third kappa shape index (κ3) is 6.71. The largest absolute Gasteiger partial charge is 0.370 e. The van der Waals surface area contributed by atoms with E-state index in [1.807, 2.05) is 30.3 Å². The average Bonchev–Trinajstić information content (AvgIpc) is 3.10. The van der Waals surface area contributed by atoms with E-state index >= 15 is 0 Å². The standard InChI is InChI=1S/C26H27ClIN5O2/c1-32-11-2-12-33(14-13-32)21-7-4-19(5-8-21)25(34)30-23-9-3-18(16-28)15-22(23)26(35)31-24-10-6-20(27)17-29-24/h3-10,15,17H,2,11-14,16H2,1H3,(H,30,34)(H,29,31,35).